The smallest absolute Gasteiger partial charge is 0.406 e. The number of aromatic nitrogens is 2. The minimum atomic E-state index is -0.570. The van der Waals surface area contributed by atoms with Crippen molar-refractivity contribution in [2.45, 2.75) is 6.61 Å². The average Bonchev–Trinajstić information content (AvgIpc) is 3.09. The number of nitrogens with zero attached hydrogens (tertiary/aromatic N) is 3. The summed E-state index contributed by atoms with van der Waals surface area (Å²) in [6.07, 6.45) is 1.36. The molecule has 0 N–H and O–H groups in total. The van der Waals surface area contributed by atoms with E-state index >= 15 is 0 Å². The van der Waals surface area contributed by atoms with Crippen LogP contribution >= 0.6 is 11.3 Å². The van der Waals surface area contributed by atoms with Gasteiger partial charge in [-0.15, -0.1) is 11.3 Å². The first-order valence-corrected chi connectivity index (χ1v) is 7.86. The molecule has 0 fully saturated rings. The highest BCUT2D eigenvalue weighted by Crippen LogP contribution is 2.27. The molecule has 0 bridgehead atoms. The fraction of sp³-hybridized carbons (Fsp3) is 0.125. The molecule has 3 rings (SSSR count). The maximum Gasteiger partial charge on any atom is 0.406 e. The van der Waals surface area contributed by atoms with Crippen LogP contribution in [0, 0.1) is 10.1 Å². The Kier molecular flexibility index (Phi) is 4.66. The first-order valence-electron chi connectivity index (χ1n) is 6.98. The van der Waals surface area contributed by atoms with Crippen LogP contribution in [-0.2, 0) is 6.61 Å². The molecule has 0 amide bonds. The van der Waals surface area contributed by atoms with Crippen molar-refractivity contribution in [2.24, 2.45) is 0 Å². The SMILES string of the molecule is COc1ccc(-c2nc(COc3cccnc3[N+](=O)[O-])cs2)cc1. The molecule has 0 saturated heterocycles. The number of pyridine rings is 1. The van der Waals surface area contributed by atoms with E-state index in [-0.39, 0.29) is 18.2 Å². The lowest BCUT2D eigenvalue weighted by Gasteiger charge is -2.04. The molecule has 0 atom stereocenters. The molecule has 0 spiro atoms. The van der Waals surface area contributed by atoms with E-state index in [9.17, 15) is 10.1 Å². The highest BCUT2D eigenvalue weighted by Gasteiger charge is 2.16. The Balaban J connectivity index is 1.71. The zero-order valence-electron chi connectivity index (χ0n) is 12.7. The van der Waals surface area contributed by atoms with Crippen LogP contribution in [0.4, 0.5) is 5.82 Å². The van der Waals surface area contributed by atoms with Crippen LogP contribution in [0.3, 0.4) is 0 Å². The number of ether oxygens (including phenoxy) is 2. The molecular formula is C16H13N3O4S. The van der Waals surface area contributed by atoms with E-state index in [1.54, 1.807) is 13.2 Å². The van der Waals surface area contributed by atoms with E-state index < -0.39 is 4.92 Å². The Bertz CT molecular complexity index is 849. The van der Waals surface area contributed by atoms with Gasteiger partial charge >= 0.3 is 5.82 Å². The van der Waals surface area contributed by atoms with Crippen molar-refractivity contribution >= 4 is 17.2 Å². The zero-order chi connectivity index (χ0) is 16.9. The summed E-state index contributed by atoms with van der Waals surface area (Å²) in [5.74, 6) is 0.604. The topological polar surface area (TPSA) is 87.4 Å². The molecule has 0 aliphatic rings. The molecular weight excluding hydrogens is 330 g/mol. The fourth-order valence-corrected chi connectivity index (χ4v) is 2.83. The van der Waals surface area contributed by atoms with Gasteiger partial charge in [0.2, 0.25) is 5.75 Å². The standard InChI is InChI=1S/C16H13N3O4S/c1-22-13-6-4-11(5-7-13)16-18-12(10-24-16)9-23-14-3-2-8-17-15(14)19(20)21/h2-8,10H,9H2,1H3. The number of hydrogen-bond acceptors (Lipinski definition) is 7. The third kappa shape index (κ3) is 3.49. The molecule has 0 unspecified atom stereocenters. The van der Waals surface area contributed by atoms with Crippen LogP contribution in [0.25, 0.3) is 10.6 Å². The minimum absolute atomic E-state index is 0.126. The molecule has 8 heteroatoms. The molecule has 7 nitrogen and oxygen atoms in total. The van der Waals surface area contributed by atoms with Gasteiger partial charge in [-0.25, -0.2) is 4.98 Å². The molecule has 2 heterocycles. The fourth-order valence-electron chi connectivity index (χ4n) is 2.02. The molecule has 24 heavy (non-hydrogen) atoms. The normalized spacial score (nSPS) is 10.4. The van der Waals surface area contributed by atoms with Gasteiger partial charge in [-0.3, -0.25) is 0 Å². The number of hydrogen-bond donors (Lipinski definition) is 0. The van der Waals surface area contributed by atoms with E-state index in [1.807, 2.05) is 29.6 Å². The lowest BCUT2D eigenvalue weighted by atomic mass is 10.2. The molecule has 1 aromatic carbocycles. The maximum atomic E-state index is 10.9. The molecule has 2 aromatic heterocycles. The second-order valence-electron chi connectivity index (χ2n) is 4.74. The Morgan fingerprint density at radius 3 is 2.75 bits per heavy atom. The van der Waals surface area contributed by atoms with Crippen molar-refractivity contribution in [2.75, 3.05) is 7.11 Å². The Labute approximate surface area is 141 Å². The highest BCUT2D eigenvalue weighted by atomic mass is 32.1. The number of benzene rings is 1. The summed E-state index contributed by atoms with van der Waals surface area (Å²) in [4.78, 5) is 18.5. The number of thiazole rings is 1. The van der Waals surface area contributed by atoms with Gasteiger partial charge in [-0.05, 0) is 46.3 Å². The van der Waals surface area contributed by atoms with Crippen molar-refractivity contribution in [1.82, 2.24) is 9.97 Å². The number of methoxy groups -OCH3 is 1. The van der Waals surface area contributed by atoms with Crippen LogP contribution < -0.4 is 9.47 Å². The van der Waals surface area contributed by atoms with E-state index in [0.29, 0.717) is 5.69 Å². The van der Waals surface area contributed by atoms with Crippen molar-refractivity contribution in [1.29, 1.82) is 0 Å². The van der Waals surface area contributed by atoms with Crippen molar-refractivity contribution in [3.8, 4) is 22.1 Å². The van der Waals surface area contributed by atoms with Crippen molar-refractivity contribution in [3.05, 3.63) is 63.8 Å². The predicted molar refractivity (Wildman–Crippen MR) is 89.3 cm³/mol. The molecule has 0 aliphatic carbocycles. The summed E-state index contributed by atoms with van der Waals surface area (Å²) in [6, 6.07) is 10.7. The predicted octanol–water partition coefficient (Wildman–Crippen LogP) is 3.70. The summed E-state index contributed by atoms with van der Waals surface area (Å²) in [5.41, 5.74) is 1.67. The summed E-state index contributed by atoms with van der Waals surface area (Å²) in [5, 5.41) is 13.6. The minimum Gasteiger partial charge on any atom is -0.497 e. The average molecular weight is 343 g/mol. The molecule has 0 radical (unpaired) electrons. The molecule has 0 saturated carbocycles. The Hall–Kier alpha value is -3.00. The van der Waals surface area contributed by atoms with Gasteiger partial charge in [0.05, 0.1) is 12.8 Å². The van der Waals surface area contributed by atoms with Crippen LogP contribution in [0.2, 0.25) is 0 Å². The maximum absolute atomic E-state index is 10.9. The summed E-state index contributed by atoms with van der Waals surface area (Å²) < 4.78 is 10.6. The van der Waals surface area contributed by atoms with Crippen LogP contribution in [0.1, 0.15) is 5.69 Å². The lowest BCUT2D eigenvalue weighted by Crippen LogP contribution is -2.00. The van der Waals surface area contributed by atoms with Crippen molar-refractivity contribution < 1.29 is 14.4 Å². The zero-order valence-corrected chi connectivity index (χ0v) is 13.5. The van der Waals surface area contributed by atoms with E-state index in [1.165, 1.54) is 23.6 Å². The van der Waals surface area contributed by atoms with Gasteiger partial charge in [0.25, 0.3) is 0 Å². The van der Waals surface area contributed by atoms with E-state index in [2.05, 4.69) is 9.97 Å². The Morgan fingerprint density at radius 1 is 1.25 bits per heavy atom. The summed E-state index contributed by atoms with van der Waals surface area (Å²) in [6.45, 7) is 0.138. The van der Waals surface area contributed by atoms with Crippen molar-refractivity contribution in [3.63, 3.8) is 0 Å². The molecule has 122 valence electrons. The van der Waals surface area contributed by atoms with Crippen LogP contribution in [0.5, 0.6) is 11.5 Å². The first kappa shape index (κ1) is 15.9. The second kappa shape index (κ2) is 7.05. The first-order chi connectivity index (χ1) is 11.7. The third-order valence-electron chi connectivity index (χ3n) is 3.19. The van der Waals surface area contributed by atoms with Gasteiger partial charge in [0, 0.05) is 10.9 Å². The van der Waals surface area contributed by atoms with Gasteiger partial charge in [0.15, 0.2) is 0 Å². The van der Waals surface area contributed by atoms with Gasteiger partial charge in [-0.1, -0.05) is 0 Å². The monoisotopic (exact) mass is 343 g/mol. The van der Waals surface area contributed by atoms with Gasteiger partial charge in [0.1, 0.15) is 23.6 Å². The van der Waals surface area contributed by atoms with E-state index in [0.717, 1.165) is 16.3 Å². The number of rotatable bonds is 6. The van der Waals surface area contributed by atoms with Crippen LogP contribution in [0.15, 0.2) is 48.0 Å². The highest BCUT2D eigenvalue weighted by molar-refractivity contribution is 7.13. The summed E-state index contributed by atoms with van der Waals surface area (Å²) in [7, 11) is 1.62. The second-order valence-corrected chi connectivity index (χ2v) is 5.60. The third-order valence-corrected chi connectivity index (χ3v) is 4.13. The largest absolute Gasteiger partial charge is 0.497 e. The van der Waals surface area contributed by atoms with Crippen LogP contribution in [-0.4, -0.2) is 22.0 Å². The summed E-state index contributed by atoms with van der Waals surface area (Å²) >= 11 is 1.48. The van der Waals surface area contributed by atoms with E-state index in [4.69, 9.17) is 9.47 Å². The number of nitro groups is 1. The lowest BCUT2D eigenvalue weighted by molar-refractivity contribution is -0.390. The van der Waals surface area contributed by atoms with Gasteiger partial charge in [-0.2, -0.15) is 0 Å². The Morgan fingerprint density at radius 2 is 2.04 bits per heavy atom. The van der Waals surface area contributed by atoms with Gasteiger partial charge < -0.3 is 19.6 Å². The molecule has 0 aliphatic heterocycles. The quantitative estimate of drug-likeness (QED) is 0.501. The molecule has 3 aromatic rings.